The molecular weight excluding hydrogens is 266 g/mol. The summed E-state index contributed by atoms with van der Waals surface area (Å²) in [6, 6.07) is 14.9. The Hall–Kier alpha value is -2.49. The zero-order valence-electron chi connectivity index (χ0n) is 12.3. The molecule has 2 aromatic carbocycles. The van der Waals surface area contributed by atoms with E-state index in [0.29, 0.717) is 24.5 Å². The summed E-state index contributed by atoms with van der Waals surface area (Å²) in [7, 11) is 1.59. The van der Waals surface area contributed by atoms with E-state index in [1.54, 1.807) is 19.2 Å². The summed E-state index contributed by atoms with van der Waals surface area (Å²) in [6.07, 6.45) is 0. The Morgan fingerprint density at radius 3 is 2.62 bits per heavy atom. The quantitative estimate of drug-likeness (QED) is 0.830. The van der Waals surface area contributed by atoms with E-state index in [9.17, 15) is 4.79 Å². The van der Waals surface area contributed by atoms with Gasteiger partial charge in [0.15, 0.2) is 0 Å². The normalized spacial score (nSPS) is 10.0. The zero-order valence-corrected chi connectivity index (χ0v) is 12.3. The molecule has 110 valence electrons. The number of nitrogens with one attached hydrogen (secondary N) is 1. The molecule has 0 aromatic heterocycles. The van der Waals surface area contributed by atoms with E-state index in [1.165, 1.54) is 0 Å². The van der Waals surface area contributed by atoms with Crippen LogP contribution in [0.1, 0.15) is 15.9 Å². The molecule has 0 aliphatic rings. The smallest absolute Gasteiger partial charge is 0.251 e. The molecule has 1 amide bonds. The maximum atomic E-state index is 12.0. The van der Waals surface area contributed by atoms with Crippen molar-refractivity contribution < 1.29 is 14.3 Å². The molecule has 4 nitrogen and oxygen atoms in total. The van der Waals surface area contributed by atoms with Gasteiger partial charge in [0.2, 0.25) is 0 Å². The Morgan fingerprint density at radius 2 is 1.90 bits per heavy atom. The van der Waals surface area contributed by atoms with Gasteiger partial charge in [-0.2, -0.15) is 0 Å². The van der Waals surface area contributed by atoms with Crippen LogP contribution in [-0.4, -0.2) is 26.2 Å². The molecule has 0 fully saturated rings. The molecule has 0 spiro atoms. The molecule has 0 heterocycles. The van der Waals surface area contributed by atoms with Crippen molar-refractivity contribution in [3.63, 3.8) is 0 Å². The minimum absolute atomic E-state index is 0.134. The number of benzene rings is 2. The minimum Gasteiger partial charge on any atom is -0.496 e. The second-order valence-corrected chi connectivity index (χ2v) is 4.60. The third-order valence-electron chi connectivity index (χ3n) is 3.07. The number of hydrogen-bond donors (Lipinski definition) is 1. The number of aryl methyl sites for hydroxylation is 1. The van der Waals surface area contributed by atoms with Gasteiger partial charge >= 0.3 is 0 Å². The van der Waals surface area contributed by atoms with Crippen LogP contribution in [-0.2, 0) is 0 Å². The second kappa shape index (κ2) is 7.33. The van der Waals surface area contributed by atoms with E-state index in [4.69, 9.17) is 9.47 Å². The molecule has 0 bridgehead atoms. The number of carbonyl (C=O) groups is 1. The van der Waals surface area contributed by atoms with Crippen LogP contribution in [0.5, 0.6) is 11.5 Å². The topological polar surface area (TPSA) is 47.6 Å². The number of para-hydroxylation sites is 1. The molecule has 0 radical (unpaired) electrons. The van der Waals surface area contributed by atoms with Crippen molar-refractivity contribution in [3.05, 3.63) is 59.7 Å². The molecule has 0 unspecified atom stereocenters. The first-order valence-corrected chi connectivity index (χ1v) is 6.81. The lowest BCUT2D eigenvalue weighted by Gasteiger charge is -2.09. The highest BCUT2D eigenvalue weighted by Gasteiger charge is 2.07. The van der Waals surface area contributed by atoms with Gasteiger partial charge in [-0.05, 0) is 36.8 Å². The van der Waals surface area contributed by atoms with Crippen molar-refractivity contribution in [2.75, 3.05) is 20.3 Å². The largest absolute Gasteiger partial charge is 0.496 e. The van der Waals surface area contributed by atoms with E-state index in [1.807, 2.05) is 43.3 Å². The highest BCUT2D eigenvalue weighted by Crippen LogP contribution is 2.18. The Labute approximate surface area is 124 Å². The van der Waals surface area contributed by atoms with Crippen LogP contribution in [0, 0.1) is 6.92 Å². The van der Waals surface area contributed by atoms with Crippen molar-refractivity contribution in [2.45, 2.75) is 6.92 Å². The van der Waals surface area contributed by atoms with Crippen LogP contribution < -0.4 is 14.8 Å². The van der Waals surface area contributed by atoms with Crippen LogP contribution in [0.15, 0.2) is 48.5 Å². The predicted octanol–water partition coefficient (Wildman–Crippen LogP) is 2.81. The molecule has 0 aliphatic heterocycles. The van der Waals surface area contributed by atoms with Gasteiger partial charge in [0.25, 0.3) is 5.91 Å². The Balaban J connectivity index is 1.82. The second-order valence-electron chi connectivity index (χ2n) is 4.60. The Bertz CT molecular complexity index is 596. The molecule has 0 atom stereocenters. The van der Waals surface area contributed by atoms with Gasteiger partial charge in [0, 0.05) is 5.56 Å². The summed E-state index contributed by atoms with van der Waals surface area (Å²) < 4.78 is 10.7. The predicted molar refractivity (Wildman–Crippen MR) is 82.0 cm³/mol. The molecule has 0 saturated heterocycles. The first kappa shape index (κ1) is 14.9. The van der Waals surface area contributed by atoms with Crippen molar-refractivity contribution >= 4 is 5.91 Å². The Morgan fingerprint density at radius 1 is 1.14 bits per heavy atom. The van der Waals surface area contributed by atoms with Crippen LogP contribution >= 0.6 is 0 Å². The van der Waals surface area contributed by atoms with E-state index < -0.39 is 0 Å². The summed E-state index contributed by atoms with van der Waals surface area (Å²) >= 11 is 0. The molecule has 2 rings (SSSR count). The molecule has 2 aromatic rings. The summed E-state index contributed by atoms with van der Waals surface area (Å²) in [5, 5.41) is 2.82. The SMILES string of the molecule is COc1cc(C(=O)NCCOc2ccccc2)ccc1C. The fourth-order valence-corrected chi connectivity index (χ4v) is 1.91. The van der Waals surface area contributed by atoms with Crippen molar-refractivity contribution in [1.82, 2.24) is 5.32 Å². The molecule has 0 saturated carbocycles. The standard InChI is InChI=1S/C17H19NO3/c1-13-8-9-14(12-16(13)20-2)17(19)18-10-11-21-15-6-4-3-5-7-15/h3-9,12H,10-11H2,1-2H3,(H,18,19). The fraction of sp³-hybridized carbons (Fsp3) is 0.235. The Kier molecular flexibility index (Phi) is 5.21. The maximum absolute atomic E-state index is 12.0. The first-order valence-electron chi connectivity index (χ1n) is 6.81. The third kappa shape index (κ3) is 4.24. The molecule has 1 N–H and O–H groups in total. The summed E-state index contributed by atoms with van der Waals surface area (Å²) in [4.78, 5) is 12.0. The van der Waals surface area contributed by atoms with E-state index in [-0.39, 0.29) is 5.91 Å². The van der Waals surface area contributed by atoms with Crippen molar-refractivity contribution in [2.24, 2.45) is 0 Å². The zero-order chi connectivity index (χ0) is 15.1. The molecule has 21 heavy (non-hydrogen) atoms. The molecular formula is C17H19NO3. The van der Waals surface area contributed by atoms with Crippen LogP contribution in [0.25, 0.3) is 0 Å². The van der Waals surface area contributed by atoms with Gasteiger partial charge in [0.05, 0.1) is 13.7 Å². The number of amides is 1. The van der Waals surface area contributed by atoms with Gasteiger partial charge in [-0.3, -0.25) is 4.79 Å². The van der Waals surface area contributed by atoms with Gasteiger partial charge in [-0.25, -0.2) is 0 Å². The lowest BCUT2D eigenvalue weighted by atomic mass is 10.1. The maximum Gasteiger partial charge on any atom is 0.251 e. The monoisotopic (exact) mass is 285 g/mol. The van der Waals surface area contributed by atoms with Gasteiger partial charge in [-0.1, -0.05) is 24.3 Å². The van der Waals surface area contributed by atoms with Gasteiger partial charge in [0.1, 0.15) is 18.1 Å². The number of hydrogen-bond acceptors (Lipinski definition) is 3. The van der Waals surface area contributed by atoms with Gasteiger partial charge < -0.3 is 14.8 Å². The number of ether oxygens (including phenoxy) is 2. The summed E-state index contributed by atoms with van der Waals surface area (Å²) in [5.41, 5.74) is 1.58. The highest BCUT2D eigenvalue weighted by molar-refractivity contribution is 5.94. The average molecular weight is 285 g/mol. The van der Waals surface area contributed by atoms with Crippen LogP contribution in [0.3, 0.4) is 0 Å². The molecule has 4 heteroatoms. The number of carbonyl (C=O) groups excluding carboxylic acids is 1. The van der Waals surface area contributed by atoms with E-state index in [2.05, 4.69) is 5.32 Å². The van der Waals surface area contributed by atoms with E-state index in [0.717, 1.165) is 11.3 Å². The van der Waals surface area contributed by atoms with Crippen LogP contribution in [0.4, 0.5) is 0 Å². The van der Waals surface area contributed by atoms with Crippen molar-refractivity contribution in [3.8, 4) is 11.5 Å². The van der Waals surface area contributed by atoms with Crippen molar-refractivity contribution in [1.29, 1.82) is 0 Å². The summed E-state index contributed by atoms with van der Waals surface area (Å²) in [6.45, 7) is 2.82. The highest BCUT2D eigenvalue weighted by atomic mass is 16.5. The lowest BCUT2D eigenvalue weighted by Crippen LogP contribution is -2.28. The summed E-state index contributed by atoms with van der Waals surface area (Å²) in [5.74, 6) is 1.37. The van der Waals surface area contributed by atoms with E-state index >= 15 is 0 Å². The van der Waals surface area contributed by atoms with Gasteiger partial charge in [-0.15, -0.1) is 0 Å². The van der Waals surface area contributed by atoms with Crippen LogP contribution in [0.2, 0.25) is 0 Å². The fourth-order valence-electron chi connectivity index (χ4n) is 1.91. The minimum atomic E-state index is -0.134. The molecule has 0 aliphatic carbocycles. The first-order chi connectivity index (χ1) is 10.2. The number of methoxy groups -OCH3 is 1. The third-order valence-corrected chi connectivity index (χ3v) is 3.07. The average Bonchev–Trinajstić information content (AvgIpc) is 2.53. The number of rotatable bonds is 6. The lowest BCUT2D eigenvalue weighted by molar-refractivity contribution is 0.0946.